The fraction of sp³-hybridized carbons (Fsp3) is 0.538. The molecule has 1 aromatic carbocycles. The Kier molecular flexibility index (Phi) is 3.45. The molecule has 0 amide bonds. The largest absolute Gasteiger partial charge is 0.207 e. The van der Waals surface area contributed by atoms with Crippen molar-refractivity contribution in [2.45, 2.75) is 37.4 Å². The normalized spacial score (nSPS) is 17.8. The summed E-state index contributed by atoms with van der Waals surface area (Å²) in [6.07, 6.45) is 4.96. The highest BCUT2D eigenvalue weighted by Gasteiger charge is 2.28. The highest BCUT2D eigenvalue weighted by atomic mass is 79.9. The van der Waals surface area contributed by atoms with Crippen LogP contribution in [0.15, 0.2) is 18.2 Å². The maximum atomic E-state index is 13.0. The summed E-state index contributed by atoms with van der Waals surface area (Å²) in [4.78, 5) is 0.655. The minimum Gasteiger partial charge on any atom is -0.207 e. The first-order chi connectivity index (χ1) is 7.16. The number of benzene rings is 1. The maximum absolute atomic E-state index is 13.0. The van der Waals surface area contributed by atoms with Crippen LogP contribution in [0.4, 0.5) is 4.39 Å². The van der Waals surface area contributed by atoms with E-state index in [9.17, 15) is 4.39 Å². The summed E-state index contributed by atoms with van der Waals surface area (Å²) in [6.45, 7) is 1.82. The molecule has 0 bridgehead atoms. The van der Waals surface area contributed by atoms with Crippen molar-refractivity contribution in [2.24, 2.45) is 5.92 Å². The van der Waals surface area contributed by atoms with Crippen molar-refractivity contribution in [3.8, 4) is 0 Å². The maximum Gasteiger partial charge on any atom is 0.126 e. The van der Waals surface area contributed by atoms with E-state index in [-0.39, 0.29) is 5.82 Å². The van der Waals surface area contributed by atoms with Crippen LogP contribution in [0.2, 0.25) is 0 Å². The molecule has 0 spiro atoms. The number of alkyl halides is 1. The van der Waals surface area contributed by atoms with Gasteiger partial charge < -0.3 is 0 Å². The molecule has 0 aliphatic heterocycles. The molecule has 82 valence electrons. The average molecular weight is 271 g/mol. The molecule has 2 heteroatoms. The minimum atomic E-state index is -0.101. The summed E-state index contributed by atoms with van der Waals surface area (Å²) in [5, 5.41) is 0. The van der Waals surface area contributed by atoms with E-state index in [0.29, 0.717) is 4.83 Å². The van der Waals surface area contributed by atoms with Crippen LogP contribution in [0.1, 0.15) is 30.4 Å². The van der Waals surface area contributed by atoms with Crippen molar-refractivity contribution in [3.05, 3.63) is 35.1 Å². The summed E-state index contributed by atoms with van der Waals surface area (Å²) in [5.74, 6) is 0.794. The fourth-order valence-corrected chi connectivity index (χ4v) is 2.62. The number of aryl methyl sites for hydroxylation is 2. The zero-order valence-corrected chi connectivity index (χ0v) is 10.6. The molecule has 1 saturated carbocycles. The standard InChI is InChI=1S/C13H16BrF/c1-9-8-10(3-7-13(9)15)2-6-12(14)11-4-5-11/h3,7-8,11-12H,2,4-6H2,1H3. The summed E-state index contributed by atoms with van der Waals surface area (Å²) < 4.78 is 13.0. The van der Waals surface area contributed by atoms with Gasteiger partial charge in [0.25, 0.3) is 0 Å². The second kappa shape index (κ2) is 4.65. The van der Waals surface area contributed by atoms with Crippen molar-refractivity contribution in [2.75, 3.05) is 0 Å². The lowest BCUT2D eigenvalue weighted by Gasteiger charge is -2.08. The van der Waals surface area contributed by atoms with Gasteiger partial charge in [-0.2, -0.15) is 0 Å². The third-order valence-corrected chi connectivity index (χ3v) is 4.27. The van der Waals surface area contributed by atoms with Gasteiger partial charge in [0.2, 0.25) is 0 Å². The lowest BCUT2D eigenvalue weighted by molar-refractivity contribution is 0.616. The lowest BCUT2D eigenvalue weighted by Crippen LogP contribution is -2.02. The smallest absolute Gasteiger partial charge is 0.126 e. The Balaban J connectivity index is 1.89. The van der Waals surface area contributed by atoms with Gasteiger partial charge in [-0.3, -0.25) is 0 Å². The molecule has 15 heavy (non-hydrogen) atoms. The van der Waals surface area contributed by atoms with Crippen LogP contribution in [0.3, 0.4) is 0 Å². The van der Waals surface area contributed by atoms with Gasteiger partial charge in [0, 0.05) is 4.83 Å². The zero-order chi connectivity index (χ0) is 10.8. The Morgan fingerprint density at radius 2 is 2.20 bits per heavy atom. The van der Waals surface area contributed by atoms with E-state index < -0.39 is 0 Å². The molecule has 0 N–H and O–H groups in total. The number of halogens is 2. The average Bonchev–Trinajstić information content (AvgIpc) is 3.03. The lowest BCUT2D eigenvalue weighted by atomic mass is 10.0. The Hall–Kier alpha value is -0.370. The van der Waals surface area contributed by atoms with Crippen LogP contribution >= 0.6 is 15.9 Å². The summed E-state index contributed by atoms with van der Waals surface area (Å²) in [5.41, 5.74) is 2.00. The SMILES string of the molecule is Cc1cc(CCC(Br)C2CC2)ccc1F. The molecule has 0 radical (unpaired) electrons. The van der Waals surface area contributed by atoms with Crippen LogP contribution in [0, 0.1) is 18.7 Å². The van der Waals surface area contributed by atoms with Crippen molar-refractivity contribution >= 4 is 15.9 Å². The first-order valence-corrected chi connectivity index (χ1v) is 6.47. The van der Waals surface area contributed by atoms with Gasteiger partial charge in [-0.15, -0.1) is 0 Å². The van der Waals surface area contributed by atoms with Gasteiger partial charge in [-0.1, -0.05) is 28.1 Å². The quantitative estimate of drug-likeness (QED) is 0.718. The Morgan fingerprint density at radius 1 is 1.47 bits per heavy atom. The third-order valence-electron chi connectivity index (χ3n) is 3.06. The number of hydrogen-bond acceptors (Lipinski definition) is 0. The molecular weight excluding hydrogens is 255 g/mol. The van der Waals surface area contributed by atoms with E-state index in [1.807, 2.05) is 19.1 Å². The minimum absolute atomic E-state index is 0.101. The second-order valence-corrected chi connectivity index (χ2v) is 5.65. The van der Waals surface area contributed by atoms with E-state index in [2.05, 4.69) is 15.9 Å². The molecule has 2 rings (SSSR count). The predicted octanol–water partition coefficient (Wildman–Crippen LogP) is 4.24. The molecule has 1 atom stereocenters. The van der Waals surface area contributed by atoms with Gasteiger partial charge in [0.15, 0.2) is 0 Å². The van der Waals surface area contributed by atoms with Crippen molar-refractivity contribution in [1.82, 2.24) is 0 Å². The molecular formula is C13H16BrF. The second-order valence-electron chi connectivity index (χ2n) is 4.48. The van der Waals surface area contributed by atoms with Crippen molar-refractivity contribution in [1.29, 1.82) is 0 Å². The Bertz CT molecular complexity index is 344. The first-order valence-electron chi connectivity index (χ1n) is 5.56. The summed E-state index contributed by atoms with van der Waals surface area (Å²) in [6, 6.07) is 5.43. The van der Waals surface area contributed by atoms with Gasteiger partial charge in [-0.05, 0) is 55.7 Å². The molecule has 1 aliphatic rings. The molecule has 0 nitrogen and oxygen atoms in total. The molecule has 1 aliphatic carbocycles. The topological polar surface area (TPSA) is 0 Å². The third kappa shape index (κ3) is 3.04. The highest BCUT2D eigenvalue weighted by Crippen LogP contribution is 2.38. The highest BCUT2D eigenvalue weighted by molar-refractivity contribution is 9.09. The van der Waals surface area contributed by atoms with Gasteiger partial charge in [0.1, 0.15) is 5.82 Å². The van der Waals surface area contributed by atoms with Gasteiger partial charge in [0.05, 0.1) is 0 Å². The number of hydrogen-bond donors (Lipinski definition) is 0. The predicted molar refractivity (Wildman–Crippen MR) is 64.9 cm³/mol. The Morgan fingerprint density at radius 3 is 2.80 bits per heavy atom. The van der Waals surface area contributed by atoms with Crippen LogP contribution in [-0.2, 0) is 6.42 Å². The molecule has 1 fully saturated rings. The van der Waals surface area contributed by atoms with Crippen LogP contribution in [-0.4, -0.2) is 4.83 Å². The Labute approximate surface area is 99.0 Å². The van der Waals surface area contributed by atoms with E-state index >= 15 is 0 Å². The van der Waals surface area contributed by atoms with E-state index in [0.717, 1.165) is 24.3 Å². The first kappa shape index (κ1) is 11.1. The monoisotopic (exact) mass is 270 g/mol. The fourth-order valence-electron chi connectivity index (χ4n) is 1.86. The number of rotatable bonds is 4. The van der Waals surface area contributed by atoms with Gasteiger partial charge >= 0.3 is 0 Å². The van der Waals surface area contributed by atoms with E-state index in [1.165, 1.54) is 18.4 Å². The van der Waals surface area contributed by atoms with Gasteiger partial charge in [-0.25, -0.2) is 4.39 Å². The summed E-state index contributed by atoms with van der Waals surface area (Å²) >= 11 is 3.72. The molecule has 0 aromatic heterocycles. The molecule has 1 aromatic rings. The van der Waals surface area contributed by atoms with Crippen molar-refractivity contribution in [3.63, 3.8) is 0 Å². The molecule has 0 saturated heterocycles. The van der Waals surface area contributed by atoms with E-state index in [4.69, 9.17) is 0 Å². The summed E-state index contributed by atoms with van der Waals surface area (Å²) in [7, 11) is 0. The van der Waals surface area contributed by atoms with Crippen LogP contribution in [0.25, 0.3) is 0 Å². The van der Waals surface area contributed by atoms with E-state index in [1.54, 1.807) is 6.07 Å². The molecule has 1 unspecified atom stereocenters. The van der Waals surface area contributed by atoms with Crippen molar-refractivity contribution < 1.29 is 4.39 Å². The van der Waals surface area contributed by atoms with Crippen LogP contribution < -0.4 is 0 Å². The molecule has 0 heterocycles. The zero-order valence-electron chi connectivity index (χ0n) is 8.97. The van der Waals surface area contributed by atoms with Crippen LogP contribution in [0.5, 0.6) is 0 Å².